The standard InChI is InChI=1S/C10H11F2N.C2H6/c11-10(12)8-4-3-7-2-1-5-13-9(7)6-8;1-2/h3-4,6,10,13H,1-2,5H2;1-2H3. The Kier molecular flexibility index (Phi) is 4.53. The Bertz CT molecular complexity index is 310. The first-order valence-corrected chi connectivity index (χ1v) is 5.42. The van der Waals surface area contributed by atoms with E-state index in [2.05, 4.69) is 5.32 Å². The number of benzene rings is 1. The van der Waals surface area contributed by atoms with E-state index in [9.17, 15) is 8.78 Å². The molecule has 1 aliphatic rings. The van der Waals surface area contributed by atoms with Gasteiger partial charge in [-0.15, -0.1) is 0 Å². The number of aryl methyl sites for hydroxylation is 1. The first kappa shape index (κ1) is 12.0. The van der Waals surface area contributed by atoms with Crippen molar-refractivity contribution in [2.45, 2.75) is 33.1 Å². The summed E-state index contributed by atoms with van der Waals surface area (Å²) in [5, 5.41) is 3.12. The predicted molar refractivity (Wildman–Crippen MR) is 59.6 cm³/mol. The first-order chi connectivity index (χ1) is 7.27. The summed E-state index contributed by atoms with van der Waals surface area (Å²) in [5.74, 6) is 0. The maximum absolute atomic E-state index is 12.3. The van der Waals surface area contributed by atoms with Gasteiger partial charge in [-0.1, -0.05) is 26.0 Å². The van der Waals surface area contributed by atoms with Gasteiger partial charge in [0.25, 0.3) is 6.43 Å². The van der Waals surface area contributed by atoms with Crippen molar-refractivity contribution in [1.29, 1.82) is 0 Å². The van der Waals surface area contributed by atoms with Crippen LogP contribution in [0.25, 0.3) is 0 Å². The van der Waals surface area contributed by atoms with Gasteiger partial charge in [-0.2, -0.15) is 0 Å². The molecular weight excluding hydrogens is 196 g/mol. The maximum Gasteiger partial charge on any atom is 0.263 e. The smallest absolute Gasteiger partial charge is 0.263 e. The van der Waals surface area contributed by atoms with E-state index in [1.54, 1.807) is 12.1 Å². The molecule has 0 fully saturated rings. The molecule has 3 heteroatoms. The number of nitrogens with one attached hydrogen (secondary N) is 1. The molecule has 0 spiro atoms. The molecule has 1 aliphatic heterocycles. The highest BCUT2D eigenvalue weighted by Crippen LogP contribution is 2.27. The van der Waals surface area contributed by atoms with Crippen molar-refractivity contribution in [2.75, 3.05) is 11.9 Å². The minimum absolute atomic E-state index is 0.105. The number of rotatable bonds is 1. The van der Waals surface area contributed by atoms with Gasteiger partial charge >= 0.3 is 0 Å². The van der Waals surface area contributed by atoms with Crippen LogP contribution in [0.2, 0.25) is 0 Å². The molecule has 0 unspecified atom stereocenters. The van der Waals surface area contributed by atoms with Gasteiger partial charge < -0.3 is 5.32 Å². The first-order valence-electron chi connectivity index (χ1n) is 5.42. The van der Waals surface area contributed by atoms with Crippen LogP contribution in [-0.4, -0.2) is 6.54 Å². The molecule has 1 N–H and O–H groups in total. The zero-order valence-corrected chi connectivity index (χ0v) is 9.19. The van der Waals surface area contributed by atoms with Gasteiger partial charge in [0.2, 0.25) is 0 Å². The highest BCUT2D eigenvalue weighted by molar-refractivity contribution is 5.55. The van der Waals surface area contributed by atoms with E-state index in [0.29, 0.717) is 0 Å². The van der Waals surface area contributed by atoms with Crippen LogP contribution < -0.4 is 5.32 Å². The molecule has 15 heavy (non-hydrogen) atoms. The lowest BCUT2D eigenvalue weighted by atomic mass is 10.0. The molecular formula is C12H17F2N. The minimum atomic E-state index is -2.37. The topological polar surface area (TPSA) is 12.0 Å². The Morgan fingerprint density at radius 3 is 2.67 bits per heavy atom. The summed E-state index contributed by atoms with van der Waals surface area (Å²) in [5.41, 5.74) is 2.13. The minimum Gasteiger partial charge on any atom is -0.385 e. The lowest BCUT2D eigenvalue weighted by molar-refractivity contribution is 0.151. The van der Waals surface area contributed by atoms with Crippen LogP contribution in [0.1, 0.15) is 37.8 Å². The molecule has 0 bridgehead atoms. The van der Waals surface area contributed by atoms with Crippen LogP contribution in [0.5, 0.6) is 0 Å². The SMILES string of the molecule is CC.FC(F)c1ccc2c(c1)NCCC2. The monoisotopic (exact) mass is 213 g/mol. The van der Waals surface area contributed by atoms with Crippen LogP contribution >= 0.6 is 0 Å². The molecule has 84 valence electrons. The van der Waals surface area contributed by atoms with Crippen LogP contribution in [0.4, 0.5) is 14.5 Å². The average Bonchev–Trinajstić information content (AvgIpc) is 2.31. The Morgan fingerprint density at radius 1 is 1.27 bits per heavy atom. The van der Waals surface area contributed by atoms with Crippen molar-refractivity contribution in [3.63, 3.8) is 0 Å². The van der Waals surface area contributed by atoms with E-state index >= 15 is 0 Å². The molecule has 1 heterocycles. The summed E-state index contributed by atoms with van der Waals surface area (Å²) in [6, 6.07) is 4.86. The number of anilines is 1. The van der Waals surface area contributed by atoms with Crippen molar-refractivity contribution >= 4 is 5.69 Å². The maximum atomic E-state index is 12.3. The number of hydrogen-bond donors (Lipinski definition) is 1. The Labute approximate surface area is 89.5 Å². The molecule has 1 aromatic rings. The van der Waals surface area contributed by atoms with Crippen molar-refractivity contribution in [1.82, 2.24) is 0 Å². The van der Waals surface area contributed by atoms with E-state index in [1.807, 2.05) is 13.8 Å². The Hall–Kier alpha value is -1.12. The van der Waals surface area contributed by atoms with Crippen LogP contribution in [-0.2, 0) is 6.42 Å². The number of alkyl halides is 2. The van der Waals surface area contributed by atoms with E-state index < -0.39 is 6.43 Å². The van der Waals surface area contributed by atoms with Crippen LogP contribution in [0.3, 0.4) is 0 Å². The van der Waals surface area contributed by atoms with Crippen LogP contribution in [0, 0.1) is 0 Å². The fourth-order valence-corrected chi connectivity index (χ4v) is 1.61. The predicted octanol–water partition coefficient (Wildman–Crippen LogP) is 4.01. The molecule has 0 amide bonds. The molecule has 2 rings (SSSR count). The Morgan fingerprint density at radius 2 is 2.00 bits per heavy atom. The summed E-state index contributed by atoms with van der Waals surface area (Å²) in [4.78, 5) is 0. The second-order valence-electron chi connectivity index (χ2n) is 3.25. The number of fused-ring (bicyclic) bond motifs is 1. The molecule has 0 radical (unpaired) electrons. The fraction of sp³-hybridized carbons (Fsp3) is 0.500. The van der Waals surface area contributed by atoms with Gasteiger partial charge in [-0.25, -0.2) is 8.78 Å². The number of halogens is 2. The van der Waals surface area contributed by atoms with E-state index in [1.165, 1.54) is 6.07 Å². The largest absolute Gasteiger partial charge is 0.385 e. The van der Waals surface area contributed by atoms with Crippen LogP contribution in [0.15, 0.2) is 18.2 Å². The van der Waals surface area contributed by atoms with Crippen molar-refractivity contribution in [3.8, 4) is 0 Å². The van der Waals surface area contributed by atoms with Gasteiger partial charge in [-0.05, 0) is 24.5 Å². The Balaban J connectivity index is 0.000000531. The number of hydrogen-bond acceptors (Lipinski definition) is 1. The lowest BCUT2D eigenvalue weighted by Crippen LogP contribution is -2.11. The lowest BCUT2D eigenvalue weighted by Gasteiger charge is -2.18. The van der Waals surface area contributed by atoms with Gasteiger partial charge in [-0.3, -0.25) is 0 Å². The third-order valence-electron chi connectivity index (χ3n) is 2.32. The van der Waals surface area contributed by atoms with E-state index in [0.717, 1.165) is 30.6 Å². The van der Waals surface area contributed by atoms with Crippen molar-refractivity contribution < 1.29 is 8.78 Å². The molecule has 1 aromatic carbocycles. The molecule has 0 saturated heterocycles. The van der Waals surface area contributed by atoms with E-state index in [-0.39, 0.29) is 5.56 Å². The zero-order valence-electron chi connectivity index (χ0n) is 9.19. The van der Waals surface area contributed by atoms with Gasteiger partial charge in [0, 0.05) is 17.8 Å². The normalized spacial score (nSPS) is 13.7. The summed E-state index contributed by atoms with van der Waals surface area (Å²) in [7, 11) is 0. The second-order valence-corrected chi connectivity index (χ2v) is 3.25. The third kappa shape index (κ3) is 2.91. The average molecular weight is 213 g/mol. The quantitative estimate of drug-likeness (QED) is 0.743. The van der Waals surface area contributed by atoms with Crippen molar-refractivity contribution in [2.24, 2.45) is 0 Å². The molecule has 0 aromatic heterocycles. The fourth-order valence-electron chi connectivity index (χ4n) is 1.61. The zero-order chi connectivity index (χ0) is 11.3. The van der Waals surface area contributed by atoms with Gasteiger partial charge in [0.05, 0.1) is 0 Å². The second kappa shape index (κ2) is 5.69. The molecule has 0 aliphatic carbocycles. The highest BCUT2D eigenvalue weighted by atomic mass is 19.3. The molecule has 1 nitrogen and oxygen atoms in total. The summed E-state index contributed by atoms with van der Waals surface area (Å²) < 4.78 is 24.6. The van der Waals surface area contributed by atoms with Gasteiger partial charge in [0.1, 0.15) is 0 Å². The highest BCUT2D eigenvalue weighted by Gasteiger charge is 2.12. The van der Waals surface area contributed by atoms with Crippen molar-refractivity contribution in [3.05, 3.63) is 29.3 Å². The summed E-state index contributed by atoms with van der Waals surface area (Å²) in [6.45, 7) is 4.89. The van der Waals surface area contributed by atoms with Gasteiger partial charge in [0.15, 0.2) is 0 Å². The summed E-state index contributed by atoms with van der Waals surface area (Å²) >= 11 is 0. The molecule has 0 saturated carbocycles. The van der Waals surface area contributed by atoms with E-state index in [4.69, 9.17) is 0 Å². The third-order valence-corrected chi connectivity index (χ3v) is 2.32. The summed E-state index contributed by atoms with van der Waals surface area (Å²) in [6.07, 6.45) is -0.290. The molecule has 0 atom stereocenters.